The summed E-state index contributed by atoms with van der Waals surface area (Å²) >= 11 is 0. The van der Waals surface area contributed by atoms with Crippen molar-refractivity contribution in [2.45, 2.75) is 58.0 Å². The summed E-state index contributed by atoms with van der Waals surface area (Å²) in [5.41, 5.74) is 4.99. The van der Waals surface area contributed by atoms with Crippen LogP contribution in [0.3, 0.4) is 0 Å². The number of hydrogen-bond donors (Lipinski definition) is 2. The number of fused-ring (bicyclic) bond motifs is 1. The Morgan fingerprint density at radius 3 is 2.06 bits per heavy atom. The molecular formula is C26H32BNO5. The van der Waals surface area contributed by atoms with E-state index in [1.54, 1.807) is 19.2 Å². The number of nitrogens with zero attached hydrogens (tertiary/aromatic N) is 1. The van der Waals surface area contributed by atoms with Crippen LogP contribution in [0.25, 0.3) is 0 Å². The molecule has 2 aromatic rings. The lowest BCUT2D eigenvalue weighted by atomic mass is 9.63. The van der Waals surface area contributed by atoms with Crippen molar-refractivity contribution in [3.63, 3.8) is 0 Å². The molecule has 2 aromatic carbocycles. The largest absolute Gasteiger partial charge is 0.636 e. The summed E-state index contributed by atoms with van der Waals surface area (Å²) in [5.74, 6) is 0.0799. The van der Waals surface area contributed by atoms with Gasteiger partial charge in [0.2, 0.25) is 0 Å². The lowest BCUT2D eigenvalue weighted by Crippen LogP contribution is -2.37. The van der Waals surface area contributed by atoms with Crippen LogP contribution in [-0.2, 0) is 26.7 Å². The number of aliphatic hydroxyl groups is 2. The van der Waals surface area contributed by atoms with Crippen LogP contribution in [-0.4, -0.2) is 29.3 Å². The van der Waals surface area contributed by atoms with Crippen LogP contribution in [0.5, 0.6) is 5.75 Å². The van der Waals surface area contributed by atoms with Crippen molar-refractivity contribution in [3.05, 3.63) is 83.4 Å². The van der Waals surface area contributed by atoms with Crippen molar-refractivity contribution in [1.29, 1.82) is 0 Å². The van der Waals surface area contributed by atoms with Gasteiger partial charge < -0.3 is 29.2 Å². The van der Waals surface area contributed by atoms with E-state index in [9.17, 15) is 10.2 Å². The Hall–Kier alpha value is -3.22. The summed E-state index contributed by atoms with van der Waals surface area (Å²) in [6.45, 7) is 9.76. The molecule has 1 aliphatic heterocycles. The number of rotatable bonds is 4. The monoisotopic (exact) mass is 449 g/mol. The first-order chi connectivity index (χ1) is 15.5. The Balaban J connectivity index is 1.45. The van der Waals surface area contributed by atoms with Gasteiger partial charge in [0.05, 0.1) is 12.4 Å². The number of ether oxygens (including phenoxy) is 1. The van der Waals surface area contributed by atoms with Gasteiger partial charge in [-0.25, -0.2) is 0 Å². The van der Waals surface area contributed by atoms with E-state index < -0.39 is 7.12 Å². The first kappa shape index (κ1) is 23.0. The van der Waals surface area contributed by atoms with Crippen LogP contribution in [0, 0.1) is 0 Å². The van der Waals surface area contributed by atoms with E-state index in [1.165, 1.54) is 41.3 Å². The molecule has 2 aliphatic rings. The molecule has 0 radical (unpaired) electrons. The molecule has 0 unspecified atom stereocenters. The molecule has 4 rings (SSSR count). The highest BCUT2D eigenvalue weighted by Crippen LogP contribution is 2.45. The van der Waals surface area contributed by atoms with Gasteiger partial charge in [0, 0.05) is 12.5 Å². The fraction of sp³-hybridized carbons (Fsp3) is 0.385. The number of benzene rings is 2. The molecule has 0 spiro atoms. The van der Waals surface area contributed by atoms with E-state index in [4.69, 9.17) is 14.0 Å². The van der Waals surface area contributed by atoms with Crippen molar-refractivity contribution in [2.75, 3.05) is 7.05 Å². The number of aliphatic hydroxyl groups excluding tert-OH is 2. The number of hydrogen-bond acceptors (Lipinski definition) is 6. The first-order valence-electron chi connectivity index (χ1n) is 11.3. The summed E-state index contributed by atoms with van der Waals surface area (Å²) in [7, 11) is 0.655. The van der Waals surface area contributed by atoms with Crippen LogP contribution in [0.4, 0.5) is 0 Å². The van der Waals surface area contributed by atoms with Gasteiger partial charge >= 0.3 is 7.12 Å². The van der Waals surface area contributed by atoms with Gasteiger partial charge in [-0.05, 0) is 52.5 Å². The summed E-state index contributed by atoms with van der Waals surface area (Å²) in [4.78, 5) is 1.43. The van der Waals surface area contributed by atoms with Crippen LogP contribution >= 0.6 is 0 Å². The van der Waals surface area contributed by atoms with E-state index in [1.807, 2.05) is 12.1 Å². The van der Waals surface area contributed by atoms with Crippen molar-refractivity contribution < 1.29 is 24.3 Å². The molecule has 1 heterocycles. The second kappa shape index (κ2) is 8.62. The van der Waals surface area contributed by atoms with Crippen LogP contribution in [0.15, 0.2) is 66.8 Å². The molecule has 7 heteroatoms. The molecule has 0 atom stereocenters. The highest BCUT2D eigenvalue weighted by atomic mass is 16.7. The van der Waals surface area contributed by atoms with Gasteiger partial charge in [0.1, 0.15) is 12.4 Å². The molecule has 0 bridgehead atoms. The van der Waals surface area contributed by atoms with Gasteiger partial charge in [-0.1, -0.05) is 58.0 Å². The average Bonchev–Trinajstić information content (AvgIpc) is 2.74. The maximum atomic E-state index is 9.90. The minimum atomic E-state index is -0.980. The van der Waals surface area contributed by atoms with Gasteiger partial charge in [0.15, 0.2) is 0 Å². The Labute approximate surface area is 196 Å². The maximum Gasteiger partial charge on any atom is 0.636 e. The molecule has 0 amide bonds. The molecule has 1 aliphatic carbocycles. The molecule has 2 N–H and O–H groups in total. The normalized spacial score (nSPS) is 20.8. The summed E-state index contributed by atoms with van der Waals surface area (Å²) in [5, 5.41) is 19.8. The van der Waals surface area contributed by atoms with Gasteiger partial charge in [-0.3, -0.25) is 0 Å². The molecule has 0 saturated heterocycles. The SMILES string of the molecule is CN1C=C(O)OB(c2ccc(OCc3ccc4c(c3)C(C)(C)CCC4(C)C)cc2)O/C(O)=C\1. The predicted molar refractivity (Wildman–Crippen MR) is 129 cm³/mol. The van der Waals surface area contributed by atoms with E-state index in [2.05, 4.69) is 45.9 Å². The standard InChI is InChI=1S/C26H32BNO5/c1-25(2)12-13-26(3,4)22-14-18(6-11-21(22)25)17-31-20-9-7-19(8-10-20)27-32-23(29)15-28(5)16-24(30)33-27/h6-11,14-16,29-30H,12-13,17H2,1-5H3/b23-15-,24-16?. The van der Waals surface area contributed by atoms with Crippen molar-refractivity contribution >= 4 is 12.6 Å². The summed E-state index contributed by atoms with van der Waals surface area (Å²) in [6, 6.07) is 13.9. The zero-order chi connectivity index (χ0) is 23.8. The Bertz CT molecular complexity index is 1050. The second-order valence-electron chi connectivity index (χ2n) is 10.2. The van der Waals surface area contributed by atoms with E-state index in [0.717, 1.165) is 5.56 Å². The second-order valence-corrected chi connectivity index (χ2v) is 10.2. The zero-order valence-electron chi connectivity index (χ0n) is 20.0. The van der Waals surface area contributed by atoms with Crippen LogP contribution in [0.2, 0.25) is 0 Å². The Morgan fingerprint density at radius 1 is 0.879 bits per heavy atom. The zero-order valence-corrected chi connectivity index (χ0v) is 20.0. The quantitative estimate of drug-likeness (QED) is 0.640. The first-order valence-corrected chi connectivity index (χ1v) is 11.3. The molecule has 0 fully saturated rings. The fourth-order valence-corrected chi connectivity index (χ4v) is 4.44. The molecular weight excluding hydrogens is 417 g/mol. The lowest BCUT2D eigenvalue weighted by molar-refractivity contribution is 0.124. The van der Waals surface area contributed by atoms with Crippen molar-refractivity contribution in [1.82, 2.24) is 4.90 Å². The molecule has 33 heavy (non-hydrogen) atoms. The maximum absolute atomic E-state index is 9.90. The molecule has 6 nitrogen and oxygen atoms in total. The van der Waals surface area contributed by atoms with E-state index in [0.29, 0.717) is 17.8 Å². The Morgan fingerprint density at radius 2 is 1.45 bits per heavy atom. The third-order valence-corrected chi connectivity index (χ3v) is 6.56. The van der Waals surface area contributed by atoms with Crippen molar-refractivity contribution in [3.8, 4) is 5.75 Å². The summed E-state index contributed by atoms with van der Waals surface area (Å²) in [6.07, 6.45) is 5.05. The van der Waals surface area contributed by atoms with E-state index >= 15 is 0 Å². The topological polar surface area (TPSA) is 71.4 Å². The highest BCUT2D eigenvalue weighted by Gasteiger charge is 2.37. The van der Waals surface area contributed by atoms with Gasteiger partial charge in [-0.15, -0.1) is 0 Å². The predicted octanol–water partition coefficient (Wildman–Crippen LogP) is 5.00. The van der Waals surface area contributed by atoms with Crippen LogP contribution in [0.1, 0.15) is 57.2 Å². The van der Waals surface area contributed by atoms with Gasteiger partial charge in [0.25, 0.3) is 11.9 Å². The molecule has 174 valence electrons. The molecule has 0 aromatic heterocycles. The highest BCUT2D eigenvalue weighted by molar-refractivity contribution is 6.61. The van der Waals surface area contributed by atoms with Crippen molar-refractivity contribution in [2.24, 2.45) is 0 Å². The van der Waals surface area contributed by atoms with E-state index in [-0.39, 0.29) is 22.7 Å². The smallest absolute Gasteiger partial charge is 0.494 e. The van der Waals surface area contributed by atoms with Crippen LogP contribution < -0.4 is 10.2 Å². The molecule has 0 saturated carbocycles. The summed E-state index contributed by atoms with van der Waals surface area (Å²) < 4.78 is 16.8. The van der Waals surface area contributed by atoms with Gasteiger partial charge in [-0.2, -0.15) is 0 Å². The average molecular weight is 449 g/mol. The third kappa shape index (κ3) is 5.08. The lowest BCUT2D eigenvalue weighted by Gasteiger charge is -2.42. The Kier molecular flexibility index (Phi) is 5.99. The minimum absolute atomic E-state index is 0.162. The fourth-order valence-electron chi connectivity index (χ4n) is 4.44. The minimum Gasteiger partial charge on any atom is -0.494 e. The third-order valence-electron chi connectivity index (χ3n) is 6.56.